The Morgan fingerprint density at radius 3 is 2.40 bits per heavy atom. The van der Waals surface area contributed by atoms with Crippen molar-refractivity contribution in [2.24, 2.45) is 16.9 Å². The fourth-order valence-corrected chi connectivity index (χ4v) is 2.68. The summed E-state index contributed by atoms with van der Waals surface area (Å²) in [6.07, 6.45) is 0.420. The molecule has 0 aliphatic carbocycles. The standard InChI is InChI=1S/C14H21BrN2O3/c1-14(2,13(17)18)7-10(16)12-9(15)5-8(19-3)6-11(12)20-4/h5-6,10H,7,16H2,1-4H3,(H2,17,18). The number of methoxy groups -OCH3 is 2. The van der Waals surface area contributed by atoms with Crippen molar-refractivity contribution >= 4 is 21.8 Å². The second-order valence-electron chi connectivity index (χ2n) is 5.28. The summed E-state index contributed by atoms with van der Waals surface area (Å²) in [5.74, 6) is 0.902. The van der Waals surface area contributed by atoms with E-state index in [1.165, 1.54) is 0 Å². The van der Waals surface area contributed by atoms with Crippen molar-refractivity contribution < 1.29 is 14.3 Å². The van der Waals surface area contributed by atoms with Crippen LogP contribution in [-0.4, -0.2) is 20.1 Å². The lowest BCUT2D eigenvalue weighted by Crippen LogP contribution is -2.34. The number of benzene rings is 1. The van der Waals surface area contributed by atoms with Crippen LogP contribution in [0.2, 0.25) is 0 Å². The number of rotatable bonds is 6. The third kappa shape index (κ3) is 3.64. The lowest BCUT2D eigenvalue weighted by Gasteiger charge is -2.26. The second kappa shape index (κ2) is 6.45. The van der Waals surface area contributed by atoms with Crippen LogP contribution >= 0.6 is 15.9 Å². The molecule has 0 heterocycles. The van der Waals surface area contributed by atoms with Crippen molar-refractivity contribution in [1.82, 2.24) is 0 Å². The number of amides is 1. The average molecular weight is 345 g/mol. The normalized spacial score (nSPS) is 12.9. The van der Waals surface area contributed by atoms with E-state index in [4.69, 9.17) is 20.9 Å². The molecule has 0 saturated carbocycles. The smallest absolute Gasteiger partial charge is 0.223 e. The highest BCUT2D eigenvalue weighted by molar-refractivity contribution is 9.10. The third-order valence-electron chi connectivity index (χ3n) is 3.29. The summed E-state index contributed by atoms with van der Waals surface area (Å²) in [7, 11) is 3.15. The molecule has 0 aromatic heterocycles. The maximum absolute atomic E-state index is 11.4. The molecule has 20 heavy (non-hydrogen) atoms. The van der Waals surface area contributed by atoms with E-state index in [0.29, 0.717) is 17.9 Å². The largest absolute Gasteiger partial charge is 0.497 e. The Balaban J connectivity index is 3.15. The van der Waals surface area contributed by atoms with E-state index in [0.717, 1.165) is 10.0 Å². The van der Waals surface area contributed by atoms with E-state index < -0.39 is 5.41 Å². The van der Waals surface area contributed by atoms with Gasteiger partial charge in [-0.1, -0.05) is 29.8 Å². The highest BCUT2D eigenvalue weighted by atomic mass is 79.9. The van der Waals surface area contributed by atoms with Gasteiger partial charge >= 0.3 is 0 Å². The maximum Gasteiger partial charge on any atom is 0.223 e. The molecule has 5 nitrogen and oxygen atoms in total. The first-order valence-electron chi connectivity index (χ1n) is 6.20. The molecule has 0 bridgehead atoms. The van der Waals surface area contributed by atoms with Crippen molar-refractivity contribution in [3.63, 3.8) is 0 Å². The van der Waals surface area contributed by atoms with Crippen molar-refractivity contribution in [2.45, 2.75) is 26.3 Å². The van der Waals surface area contributed by atoms with Crippen LogP contribution in [0.25, 0.3) is 0 Å². The van der Waals surface area contributed by atoms with Gasteiger partial charge < -0.3 is 20.9 Å². The second-order valence-corrected chi connectivity index (χ2v) is 6.14. The number of hydrogen-bond donors (Lipinski definition) is 2. The first-order valence-corrected chi connectivity index (χ1v) is 6.99. The molecule has 6 heteroatoms. The summed E-state index contributed by atoms with van der Waals surface area (Å²) in [5.41, 5.74) is 11.7. The Kier molecular flexibility index (Phi) is 5.42. The van der Waals surface area contributed by atoms with Gasteiger partial charge in [0.1, 0.15) is 11.5 Å². The van der Waals surface area contributed by atoms with E-state index in [9.17, 15) is 4.79 Å². The molecule has 0 spiro atoms. The minimum Gasteiger partial charge on any atom is -0.497 e. The minimum atomic E-state index is -0.691. The summed E-state index contributed by atoms with van der Waals surface area (Å²) >= 11 is 3.47. The van der Waals surface area contributed by atoms with Crippen LogP contribution in [-0.2, 0) is 4.79 Å². The van der Waals surface area contributed by atoms with Crippen molar-refractivity contribution in [2.75, 3.05) is 14.2 Å². The van der Waals surface area contributed by atoms with Gasteiger partial charge in [-0.25, -0.2) is 0 Å². The quantitative estimate of drug-likeness (QED) is 0.829. The molecule has 0 aliphatic rings. The lowest BCUT2D eigenvalue weighted by atomic mass is 9.83. The Morgan fingerprint density at radius 2 is 1.95 bits per heavy atom. The number of ether oxygens (including phenoxy) is 2. The molecule has 1 rings (SSSR count). The van der Waals surface area contributed by atoms with Crippen molar-refractivity contribution in [1.29, 1.82) is 0 Å². The van der Waals surface area contributed by atoms with Gasteiger partial charge in [-0.3, -0.25) is 4.79 Å². The number of primary amides is 1. The number of hydrogen-bond acceptors (Lipinski definition) is 4. The fraction of sp³-hybridized carbons (Fsp3) is 0.500. The average Bonchev–Trinajstić information content (AvgIpc) is 2.36. The van der Waals surface area contributed by atoms with Crippen LogP contribution in [0.3, 0.4) is 0 Å². The fourth-order valence-electron chi connectivity index (χ4n) is 1.97. The molecule has 0 fully saturated rings. The SMILES string of the molecule is COc1cc(Br)c(C(N)CC(C)(C)C(N)=O)c(OC)c1. The van der Waals surface area contributed by atoms with E-state index >= 15 is 0 Å². The highest BCUT2D eigenvalue weighted by Crippen LogP contribution is 2.39. The Labute approximate surface area is 127 Å². The summed E-state index contributed by atoms with van der Waals surface area (Å²) < 4.78 is 11.3. The van der Waals surface area contributed by atoms with E-state index in [1.807, 2.05) is 6.07 Å². The Hall–Kier alpha value is -1.27. The predicted molar refractivity (Wildman–Crippen MR) is 81.8 cm³/mol. The van der Waals surface area contributed by atoms with Crippen LogP contribution < -0.4 is 20.9 Å². The number of carbonyl (C=O) groups is 1. The molecule has 1 aromatic rings. The van der Waals surface area contributed by atoms with E-state index in [-0.39, 0.29) is 11.9 Å². The van der Waals surface area contributed by atoms with Crippen LogP contribution in [0.5, 0.6) is 11.5 Å². The molecule has 1 unspecified atom stereocenters. The predicted octanol–water partition coefficient (Wildman–Crippen LogP) is 2.37. The van der Waals surface area contributed by atoms with Crippen LogP contribution in [0.4, 0.5) is 0 Å². The first kappa shape index (κ1) is 16.8. The van der Waals surface area contributed by atoms with Gasteiger partial charge in [-0.05, 0) is 12.5 Å². The van der Waals surface area contributed by atoms with Gasteiger partial charge in [-0.2, -0.15) is 0 Å². The van der Waals surface area contributed by atoms with Gasteiger partial charge in [0.05, 0.1) is 14.2 Å². The molecule has 4 N–H and O–H groups in total. The van der Waals surface area contributed by atoms with E-state index in [1.54, 1.807) is 34.1 Å². The summed E-state index contributed by atoms with van der Waals surface area (Å²) in [6.45, 7) is 3.55. The monoisotopic (exact) mass is 344 g/mol. The summed E-state index contributed by atoms with van der Waals surface area (Å²) in [6, 6.07) is 3.19. The number of nitrogens with two attached hydrogens (primary N) is 2. The van der Waals surface area contributed by atoms with Crippen LogP contribution in [0.1, 0.15) is 31.9 Å². The van der Waals surface area contributed by atoms with Crippen LogP contribution in [0.15, 0.2) is 16.6 Å². The lowest BCUT2D eigenvalue weighted by molar-refractivity contribution is -0.126. The van der Waals surface area contributed by atoms with Gasteiger partial charge in [0.15, 0.2) is 0 Å². The topological polar surface area (TPSA) is 87.6 Å². The molecular weight excluding hydrogens is 324 g/mol. The van der Waals surface area contributed by atoms with Crippen molar-refractivity contribution in [3.05, 3.63) is 22.2 Å². The highest BCUT2D eigenvalue weighted by Gasteiger charge is 2.30. The van der Waals surface area contributed by atoms with E-state index in [2.05, 4.69) is 15.9 Å². The molecule has 1 amide bonds. The van der Waals surface area contributed by atoms with Gasteiger partial charge in [0, 0.05) is 27.6 Å². The minimum absolute atomic E-state index is 0.378. The van der Waals surface area contributed by atoms with Gasteiger partial charge in [-0.15, -0.1) is 0 Å². The third-order valence-corrected chi connectivity index (χ3v) is 3.94. The Bertz CT molecular complexity index is 503. The van der Waals surface area contributed by atoms with Crippen molar-refractivity contribution in [3.8, 4) is 11.5 Å². The zero-order valence-electron chi connectivity index (χ0n) is 12.2. The summed E-state index contributed by atoms with van der Waals surface area (Å²) in [4.78, 5) is 11.4. The Morgan fingerprint density at radius 1 is 1.35 bits per heavy atom. The molecule has 0 radical (unpaired) electrons. The molecule has 0 aliphatic heterocycles. The van der Waals surface area contributed by atoms with Gasteiger partial charge in [0.25, 0.3) is 0 Å². The maximum atomic E-state index is 11.4. The molecule has 1 aromatic carbocycles. The van der Waals surface area contributed by atoms with Gasteiger partial charge in [0.2, 0.25) is 5.91 Å². The molecule has 1 atom stereocenters. The van der Waals surface area contributed by atoms with Crippen LogP contribution in [0, 0.1) is 5.41 Å². The molecule has 112 valence electrons. The first-order chi connectivity index (χ1) is 9.22. The molecule has 0 saturated heterocycles. The zero-order chi connectivity index (χ0) is 15.5. The number of carbonyl (C=O) groups excluding carboxylic acids is 1. The summed E-state index contributed by atoms with van der Waals surface area (Å²) in [5, 5.41) is 0. The number of halogens is 1. The zero-order valence-corrected chi connectivity index (χ0v) is 13.8. The molecular formula is C14H21BrN2O3.